The van der Waals surface area contributed by atoms with Crippen molar-refractivity contribution in [2.24, 2.45) is 0 Å². The average Bonchev–Trinajstić information content (AvgIpc) is 3.44. The molecule has 148 valence electrons. The highest BCUT2D eigenvalue weighted by Crippen LogP contribution is 2.46. The molecule has 8 heteroatoms. The Balaban J connectivity index is 1.99. The lowest BCUT2D eigenvalue weighted by atomic mass is 9.97. The van der Waals surface area contributed by atoms with Crippen LogP contribution in [-0.4, -0.2) is 22.8 Å². The highest BCUT2D eigenvalue weighted by atomic mass is 19.4. The van der Waals surface area contributed by atoms with Crippen LogP contribution in [0.5, 0.6) is 5.75 Å². The Morgan fingerprint density at radius 1 is 1.24 bits per heavy atom. The van der Waals surface area contributed by atoms with Gasteiger partial charge in [-0.15, -0.1) is 0 Å². The number of halogens is 3. The molecular formula is C21H15F3N2O3. The smallest absolute Gasteiger partial charge is 0.431 e. The second-order valence-electron chi connectivity index (χ2n) is 6.92. The Morgan fingerprint density at radius 2 is 1.97 bits per heavy atom. The number of rotatable bonds is 3. The van der Waals surface area contributed by atoms with E-state index in [0.717, 1.165) is 6.07 Å². The first-order valence-corrected chi connectivity index (χ1v) is 8.82. The van der Waals surface area contributed by atoms with Crippen LogP contribution in [0.4, 0.5) is 13.2 Å². The second-order valence-corrected chi connectivity index (χ2v) is 6.92. The van der Waals surface area contributed by atoms with Gasteiger partial charge < -0.3 is 14.4 Å². The number of ether oxygens (including phenoxy) is 1. The molecule has 0 bridgehead atoms. The van der Waals surface area contributed by atoms with Crippen LogP contribution in [0.2, 0.25) is 0 Å². The molecule has 1 aliphatic carbocycles. The van der Waals surface area contributed by atoms with Gasteiger partial charge >= 0.3 is 12.1 Å². The number of fused-ring (bicyclic) bond motifs is 1. The van der Waals surface area contributed by atoms with Gasteiger partial charge in [-0.05, 0) is 54.3 Å². The van der Waals surface area contributed by atoms with Gasteiger partial charge in [0.1, 0.15) is 17.0 Å². The minimum absolute atomic E-state index is 0.0598. The van der Waals surface area contributed by atoms with Crippen LogP contribution in [0, 0.1) is 11.3 Å². The average molecular weight is 400 g/mol. The van der Waals surface area contributed by atoms with Gasteiger partial charge in [-0.3, -0.25) is 0 Å². The summed E-state index contributed by atoms with van der Waals surface area (Å²) >= 11 is 0. The maximum absolute atomic E-state index is 13.7. The summed E-state index contributed by atoms with van der Waals surface area (Å²) < 4.78 is 46.8. The minimum atomic E-state index is -4.54. The van der Waals surface area contributed by atoms with E-state index < -0.39 is 17.8 Å². The molecule has 5 nitrogen and oxygen atoms in total. The molecule has 1 heterocycles. The molecule has 1 fully saturated rings. The fourth-order valence-corrected chi connectivity index (χ4v) is 3.55. The zero-order valence-electron chi connectivity index (χ0n) is 15.2. The molecule has 0 aliphatic heterocycles. The lowest BCUT2D eigenvalue weighted by molar-refractivity contribution is -0.143. The Bertz CT molecular complexity index is 1180. The molecule has 1 saturated carbocycles. The van der Waals surface area contributed by atoms with E-state index in [2.05, 4.69) is 4.74 Å². The fourth-order valence-electron chi connectivity index (χ4n) is 3.55. The molecule has 0 radical (unpaired) electrons. The molecule has 1 N–H and O–H groups in total. The normalized spacial score (nSPS) is 14.0. The number of methoxy groups -OCH3 is 1. The number of phenolic OH excluding ortho intramolecular Hbond substituents is 1. The molecule has 29 heavy (non-hydrogen) atoms. The van der Waals surface area contributed by atoms with Crippen molar-refractivity contribution in [3.8, 4) is 22.9 Å². The number of esters is 1. The van der Waals surface area contributed by atoms with Crippen molar-refractivity contribution in [2.45, 2.75) is 25.1 Å². The number of carbonyl (C=O) groups is 1. The summed E-state index contributed by atoms with van der Waals surface area (Å²) in [6, 6.07) is 9.87. The van der Waals surface area contributed by atoms with Crippen LogP contribution in [0.25, 0.3) is 22.0 Å². The predicted molar refractivity (Wildman–Crippen MR) is 98.4 cm³/mol. The van der Waals surface area contributed by atoms with Crippen molar-refractivity contribution in [1.29, 1.82) is 5.26 Å². The van der Waals surface area contributed by atoms with Crippen molar-refractivity contribution in [1.82, 2.24) is 4.57 Å². The molecule has 0 unspecified atom stereocenters. The minimum Gasteiger partial charge on any atom is -0.507 e. The molecule has 4 rings (SSSR count). The van der Waals surface area contributed by atoms with Gasteiger partial charge in [-0.1, -0.05) is 6.07 Å². The molecule has 0 spiro atoms. The van der Waals surface area contributed by atoms with Crippen LogP contribution in [-0.2, 0) is 10.9 Å². The lowest BCUT2D eigenvalue weighted by Gasteiger charge is -2.12. The summed E-state index contributed by atoms with van der Waals surface area (Å²) in [7, 11) is 1.18. The largest absolute Gasteiger partial charge is 0.507 e. The second kappa shape index (κ2) is 6.55. The van der Waals surface area contributed by atoms with E-state index in [-0.39, 0.29) is 22.9 Å². The first-order chi connectivity index (χ1) is 13.7. The number of alkyl halides is 3. The van der Waals surface area contributed by atoms with Gasteiger partial charge in [-0.25, -0.2) is 4.79 Å². The molecule has 2 aromatic carbocycles. The summed E-state index contributed by atoms with van der Waals surface area (Å²) in [5.41, 5.74) is 0.468. The predicted octanol–water partition coefficient (Wildman–Crippen LogP) is 5.03. The van der Waals surface area contributed by atoms with Crippen molar-refractivity contribution in [3.05, 3.63) is 53.2 Å². The van der Waals surface area contributed by atoms with Crippen LogP contribution in [0.15, 0.2) is 36.4 Å². The third kappa shape index (κ3) is 3.18. The van der Waals surface area contributed by atoms with Crippen molar-refractivity contribution < 1.29 is 27.8 Å². The van der Waals surface area contributed by atoms with E-state index >= 15 is 0 Å². The molecular weight excluding hydrogens is 385 g/mol. The van der Waals surface area contributed by atoms with Crippen LogP contribution in [0.3, 0.4) is 0 Å². The Hall–Kier alpha value is -3.47. The molecule has 3 aromatic rings. The summed E-state index contributed by atoms with van der Waals surface area (Å²) in [5.74, 6) is -1.09. The molecule has 0 amide bonds. The van der Waals surface area contributed by atoms with Crippen molar-refractivity contribution in [3.63, 3.8) is 0 Å². The van der Waals surface area contributed by atoms with E-state index in [1.807, 2.05) is 6.07 Å². The Kier molecular flexibility index (Phi) is 4.26. The van der Waals surface area contributed by atoms with Gasteiger partial charge in [0.15, 0.2) is 0 Å². The number of hydrogen-bond donors (Lipinski definition) is 1. The standard InChI is InChI=1S/C21H15F3N2O3/c1-29-20(28)14-5-2-12(8-18(14)27)15-6-11(10-25)7-17-16(15)9-19(21(22,23)24)26(17)13-3-4-13/h2,5-9,13,27H,3-4H2,1H3. The summed E-state index contributed by atoms with van der Waals surface area (Å²) in [6.45, 7) is 0. The molecule has 0 atom stereocenters. The monoisotopic (exact) mass is 400 g/mol. The van der Waals surface area contributed by atoms with Crippen LogP contribution < -0.4 is 0 Å². The number of nitriles is 1. The number of phenols is 1. The number of benzene rings is 2. The first-order valence-electron chi connectivity index (χ1n) is 8.82. The van der Waals surface area contributed by atoms with E-state index in [9.17, 15) is 28.3 Å². The highest BCUT2D eigenvalue weighted by molar-refractivity contribution is 5.99. The van der Waals surface area contributed by atoms with Gasteiger partial charge in [0.25, 0.3) is 0 Å². The molecule has 0 saturated heterocycles. The van der Waals surface area contributed by atoms with E-state index in [4.69, 9.17) is 0 Å². The maximum atomic E-state index is 13.7. The van der Waals surface area contributed by atoms with Crippen LogP contribution in [0.1, 0.15) is 40.5 Å². The van der Waals surface area contributed by atoms with Gasteiger partial charge in [0.05, 0.1) is 24.3 Å². The maximum Gasteiger partial charge on any atom is 0.431 e. The zero-order valence-corrected chi connectivity index (χ0v) is 15.2. The van der Waals surface area contributed by atoms with E-state index in [1.54, 1.807) is 0 Å². The summed E-state index contributed by atoms with van der Waals surface area (Å²) in [6.07, 6.45) is -3.25. The third-order valence-corrected chi connectivity index (χ3v) is 5.00. The molecule has 1 aromatic heterocycles. The SMILES string of the molecule is COC(=O)c1ccc(-c2cc(C#N)cc3c2cc(C(F)(F)F)n3C2CC2)cc1O. The Morgan fingerprint density at radius 3 is 2.52 bits per heavy atom. The summed E-state index contributed by atoms with van der Waals surface area (Å²) in [4.78, 5) is 11.7. The summed E-state index contributed by atoms with van der Waals surface area (Å²) in [5, 5.41) is 19.9. The quantitative estimate of drug-likeness (QED) is 0.626. The van der Waals surface area contributed by atoms with Gasteiger partial charge in [-0.2, -0.15) is 18.4 Å². The number of aromatic nitrogens is 1. The van der Waals surface area contributed by atoms with Crippen molar-refractivity contribution >= 4 is 16.9 Å². The lowest BCUT2D eigenvalue weighted by Crippen LogP contribution is -2.12. The zero-order chi connectivity index (χ0) is 20.9. The topological polar surface area (TPSA) is 75.2 Å². The van der Waals surface area contributed by atoms with E-state index in [1.165, 1.54) is 42.0 Å². The first kappa shape index (κ1) is 18.9. The number of nitrogens with zero attached hydrogens (tertiary/aromatic N) is 2. The number of hydrogen-bond acceptors (Lipinski definition) is 4. The van der Waals surface area contributed by atoms with Gasteiger partial charge in [0.2, 0.25) is 0 Å². The number of aromatic hydroxyl groups is 1. The molecule has 1 aliphatic rings. The highest BCUT2D eigenvalue weighted by Gasteiger charge is 2.40. The van der Waals surface area contributed by atoms with Crippen LogP contribution >= 0.6 is 0 Å². The third-order valence-electron chi connectivity index (χ3n) is 5.00. The van der Waals surface area contributed by atoms with E-state index in [0.29, 0.717) is 34.9 Å². The fraction of sp³-hybridized carbons (Fsp3) is 0.238. The van der Waals surface area contributed by atoms with Gasteiger partial charge in [0, 0.05) is 11.4 Å². The Labute approximate surface area is 163 Å². The number of carbonyl (C=O) groups excluding carboxylic acids is 1. The van der Waals surface area contributed by atoms with Crippen molar-refractivity contribution in [2.75, 3.05) is 7.11 Å².